The molecule has 2 aromatic rings. The van der Waals surface area contributed by atoms with Crippen LogP contribution in [0.4, 0.5) is 4.79 Å². The topological polar surface area (TPSA) is 79.2 Å². The molecule has 0 aromatic carbocycles. The smallest absolute Gasteiger partial charge is 0.318 e. The highest BCUT2D eigenvalue weighted by Gasteiger charge is 2.23. The number of nitrogens with one attached hydrogen (secondary N) is 1. The summed E-state index contributed by atoms with van der Waals surface area (Å²) in [5.74, 6) is 0.750. The van der Waals surface area contributed by atoms with Gasteiger partial charge in [0.15, 0.2) is 5.82 Å². The molecule has 1 atom stereocenters. The number of hydrogen-bond donors (Lipinski definition) is 1. The molecule has 1 aliphatic rings. The molecule has 0 radical (unpaired) electrons. The number of pyridine rings is 1. The predicted molar refractivity (Wildman–Crippen MR) is 89.0 cm³/mol. The molecule has 8 nitrogen and oxygen atoms in total. The number of amides is 2. The Morgan fingerprint density at radius 1 is 1.25 bits per heavy atom. The van der Waals surface area contributed by atoms with E-state index in [1.54, 1.807) is 6.33 Å². The van der Waals surface area contributed by atoms with Crippen LogP contribution in [0.3, 0.4) is 0 Å². The Morgan fingerprint density at radius 2 is 1.96 bits per heavy atom. The van der Waals surface area contributed by atoms with Crippen LogP contribution in [-0.2, 0) is 13.6 Å². The minimum Gasteiger partial charge on any atom is -0.328 e. The van der Waals surface area contributed by atoms with Crippen LogP contribution < -0.4 is 5.32 Å². The normalized spacial score (nSPS) is 16.8. The molecule has 0 unspecified atom stereocenters. The molecular formula is C16H23N7O. The Balaban J connectivity index is 1.47. The average Bonchev–Trinajstić information content (AvgIpc) is 3.02. The van der Waals surface area contributed by atoms with Gasteiger partial charge in [-0.25, -0.2) is 4.79 Å². The van der Waals surface area contributed by atoms with E-state index in [4.69, 9.17) is 0 Å². The van der Waals surface area contributed by atoms with E-state index in [-0.39, 0.29) is 12.1 Å². The van der Waals surface area contributed by atoms with Crippen molar-refractivity contribution in [2.45, 2.75) is 19.5 Å². The zero-order valence-corrected chi connectivity index (χ0v) is 14.1. The van der Waals surface area contributed by atoms with Gasteiger partial charge in [-0.05, 0) is 24.6 Å². The van der Waals surface area contributed by atoms with Crippen LogP contribution in [0.15, 0.2) is 30.9 Å². The fourth-order valence-electron chi connectivity index (χ4n) is 2.88. The van der Waals surface area contributed by atoms with E-state index < -0.39 is 0 Å². The van der Waals surface area contributed by atoms with Crippen molar-refractivity contribution in [2.24, 2.45) is 7.05 Å². The number of rotatable bonds is 4. The minimum absolute atomic E-state index is 0.0472. The lowest BCUT2D eigenvalue weighted by Crippen LogP contribution is -2.51. The van der Waals surface area contributed by atoms with E-state index in [1.807, 2.05) is 48.0 Å². The van der Waals surface area contributed by atoms with Crippen LogP contribution in [0.1, 0.15) is 24.4 Å². The summed E-state index contributed by atoms with van der Waals surface area (Å²) >= 11 is 0. The zero-order valence-electron chi connectivity index (χ0n) is 14.1. The number of nitrogens with zero attached hydrogens (tertiary/aromatic N) is 6. The summed E-state index contributed by atoms with van der Waals surface area (Å²) in [4.78, 5) is 20.7. The number of aryl methyl sites for hydroxylation is 1. The summed E-state index contributed by atoms with van der Waals surface area (Å²) in [5, 5.41) is 10.9. The lowest BCUT2D eigenvalue weighted by atomic mass is 10.2. The first-order valence-corrected chi connectivity index (χ1v) is 8.14. The second-order valence-electron chi connectivity index (χ2n) is 6.09. The van der Waals surface area contributed by atoms with Gasteiger partial charge in [-0.15, -0.1) is 10.2 Å². The van der Waals surface area contributed by atoms with Crippen LogP contribution in [0, 0.1) is 0 Å². The molecule has 24 heavy (non-hydrogen) atoms. The largest absolute Gasteiger partial charge is 0.328 e. The van der Waals surface area contributed by atoms with Crippen LogP contribution in [0.5, 0.6) is 0 Å². The third-order valence-electron chi connectivity index (χ3n) is 4.29. The molecule has 1 aliphatic heterocycles. The van der Waals surface area contributed by atoms with E-state index in [2.05, 4.69) is 25.4 Å². The third-order valence-corrected chi connectivity index (χ3v) is 4.29. The van der Waals surface area contributed by atoms with Crippen molar-refractivity contribution in [2.75, 3.05) is 26.2 Å². The van der Waals surface area contributed by atoms with Crippen molar-refractivity contribution in [1.29, 1.82) is 0 Å². The van der Waals surface area contributed by atoms with Crippen molar-refractivity contribution in [3.63, 3.8) is 0 Å². The van der Waals surface area contributed by atoms with Gasteiger partial charge in [0.25, 0.3) is 0 Å². The van der Waals surface area contributed by atoms with Gasteiger partial charge in [0, 0.05) is 52.2 Å². The van der Waals surface area contributed by atoms with Gasteiger partial charge < -0.3 is 14.8 Å². The molecular weight excluding hydrogens is 306 g/mol. The van der Waals surface area contributed by atoms with Gasteiger partial charge in [-0.3, -0.25) is 9.88 Å². The van der Waals surface area contributed by atoms with E-state index >= 15 is 0 Å². The third kappa shape index (κ3) is 3.88. The van der Waals surface area contributed by atoms with Gasteiger partial charge >= 0.3 is 6.03 Å². The molecule has 128 valence electrons. The Bertz CT molecular complexity index is 664. The fraction of sp³-hybridized carbons (Fsp3) is 0.500. The molecule has 1 N–H and O–H groups in total. The molecule has 3 heterocycles. The van der Waals surface area contributed by atoms with E-state index in [0.717, 1.165) is 38.5 Å². The van der Waals surface area contributed by atoms with Crippen molar-refractivity contribution >= 4 is 6.03 Å². The molecule has 2 aromatic heterocycles. The number of carbonyl (C=O) groups excluding carboxylic acids is 1. The highest BCUT2D eigenvalue weighted by Crippen LogP contribution is 2.11. The highest BCUT2D eigenvalue weighted by atomic mass is 16.2. The number of piperazine rings is 1. The number of hydrogen-bond acceptors (Lipinski definition) is 5. The van der Waals surface area contributed by atoms with E-state index in [0.29, 0.717) is 0 Å². The van der Waals surface area contributed by atoms with E-state index in [9.17, 15) is 4.79 Å². The molecule has 1 fully saturated rings. The first kappa shape index (κ1) is 16.4. The summed E-state index contributed by atoms with van der Waals surface area (Å²) in [6.07, 6.45) is 5.26. The Labute approximate surface area is 141 Å². The molecule has 1 saturated heterocycles. The summed E-state index contributed by atoms with van der Waals surface area (Å²) in [6, 6.07) is 3.84. The molecule has 0 spiro atoms. The van der Waals surface area contributed by atoms with Gasteiger partial charge in [0.2, 0.25) is 0 Å². The van der Waals surface area contributed by atoms with Gasteiger partial charge in [0.05, 0.1) is 6.04 Å². The first-order valence-electron chi connectivity index (χ1n) is 8.14. The average molecular weight is 329 g/mol. The van der Waals surface area contributed by atoms with Crippen LogP contribution >= 0.6 is 0 Å². The molecule has 3 rings (SSSR count). The Kier molecular flexibility index (Phi) is 5.05. The maximum Gasteiger partial charge on any atom is 0.318 e. The van der Waals surface area contributed by atoms with Gasteiger partial charge in [-0.1, -0.05) is 0 Å². The summed E-state index contributed by atoms with van der Waals surface area (Å²) in [6.45, 7) is 6.00. The minimum atomic E-state index is -0.167. The van der Waals surface area contributed by atoms with E-state index in [1.165, 1.54) is 5.56 Å². The van der Waals surface area contributed by atoms with Crippen molar-refractivity contribution in [3.05, 3.63) is 42.2 Å². The Morgan fingerprint density at radius 3 is 2.58 bits per heavy atom. The number of aromatic nitrogens is 4. The fourth-order valence-corrected chi connectivity index (χ4v) is 2.88. The molecule has 0 aliphatic carbocycles. The van der Waals surface area contributed by atoms with Crippen molar-refractivity contribution in [1.82, 2.24) is 34.9 Å². The standard InChI is InChI=1S/C16H23N7O/c1-13(15-20-18-12-21(15)2)19-16(24)23-9-7-22(8-10-23)11-14-3-5-17-6-4-14/h3-6,12-13H,7-11H2,1-2H3,(H,19,24)/t13-/m1/s1. The van der Waals surface area contributed by atoms with Crippen LogP contribution in [0.25, 0.3) is 0 Å². The molecule has 2 amide bonds. The van der Waals surface area contributed by atoms with Gasteiger partial charge in [0.1, 0.15) is 6.33 Å². The van der Waals surface area contributed by atoms with Crippen LogP contribution in [0.2, 0.25) is 0 Å². The SMILES string of the molecule is C[C@@H](NC(=O)N1CCN(Cc2ccncc2)CC1)c1nncn1C. The molecule has 0 bridgehead atoms. The van der Waals surface area contributed by atoms with Gasteiger partial charge in [-0.2, -0.15) is 0 Å². The maximum absolute atomic E-state index is 12.4. The summed E-state index contributed by atoms with van der Waals surface area (Å²) < 4.78 is 1.82. The van der Waals surface area contributed by atoms with Crippen molar-refractivity contribution < 1.29 is 4.79 Å². The Hall–Kier alpha value is -2.48. The summed E-state index contributed by atoms with van der Waals surface area (Å²) in [5.41, 5.74) is 1.25. The van der Waals surface area contributed by atoms with Crippen molar-refractivity contribution in [3.8, 4) is 0 Å². The quantitative estimate of drug-likeness (QED) is 0.897. The van der Waals surface area contributed by atoms with Crippen LogP contribution in [-0.4, -0.2) is 61.8 Å². The molecule has 8 heteroatoms. The monoisotopic (exact) mass is 329 g/mol. The second kappa shape index (κ2) is 7.39. The predicted octanol–water partition coefficient (Wildman–Crippen LogP) is 0.798. The first-order chi connectivity index (χ1) is 11.6. The number of urea groups is 1. The lowest BCUT2D eigenvalue weighted by Gasteiger charge is -2.35. The molecule has 0 saturated carbocycles. The lowest BCUT2D eigenvalue weighted by molar-refractivity contribution is 0.133. The number of carbonyl (C=O) groups is 1. The second-order valence-corrected chi connectivity index (χ2v) is 6.09. The highest BCUT2D eigenvalue weighted by molar-refractivity contribution is 5.74. The maximum atomic E-state index is 12.4. The zero-order chi connectivity index (χ0) is 16.9. The summed E-state index contributed by atoms with van der Waals surface area (Å²) in [7, 11) is 1.87.